The van der Waals surface area contributed by atoms with Gasteiger partial charge in [-0.25, -0.2) is 0 Å². The molecule has 0 radical (unpaired) electrons. The van der Waals surface area contributed by atoms with Crippen molar-refractivity contribution < 1.29 is 18.9 Å². The van der Waals surface area contributed by atoms with Gasteiger partial charge in [0.2, 0.25) is 0 Å². The van der Waals surface area contributed by atoms with Gasteiger partial charge in [0.1, 0.15) is 0 Å². The molecule has 0 spiro atoms. The van der Waals surface area contributed by atoms with Crippen LogP contribution in [-0.4, -0.2) is 0 Å². The van der Waals surface area contributed by atoms with Crippen molar-refractivity contribution in [2.75, 3.05) is 0 Å². The summed E-state index contributed by atoms with van der Waals surface area (Å²) in [6.07, 6.45) is 2.47. The fourth-order valence-electron chi connectivity index (χ4n) is 0.900. The van der Waals surface area contributed by atoms with E-state index >= 15 is 0 Å². The molecule has 0 amide bonds. The molecular formula is C7H11LiP2. The van der Waals surface area contributed by atoms with Gasteiger partial charge in [0.05, 0.1) is 0 Å². The van der Waals surface area contributed by atoms with Crippen molar-refractivity contribution >= 4 is 15.7 Å². The summed E-state index contributed by atoms with van der Waals surface area (Å²) in [5.41, 5.74) is 1.60. The van der Waals surface area contributed by atoms with E-state index in [1.165, 1.54) is 28.6 Å². The average molecular weight is 164 g/mol. The van der Waals surface area contributed by atoms with E-state index in [-0.39, 0.29) is 18.9 Å². The maximum Gasteiger partial charge on any atom is 1.00 e. The molecule has 0 saturated carbocycles. The van der Waals surface area contributed by atoms with E-state index in [0.29, 0.717) is 0 Å². The molecule has 0 nitrogen and oxygen atoms in total. The third-order valence-electron chi connectivity index (χ3n) is 1.48. The molecule has 0 unspecified atom stereocenters. The zero-order valence-corrected chi connectivity index (χ0v) is 8.67. The van der Waals surface area contributed by atoms with Gasteiger partial charge in [-0.3, -0.25) is 7.87 Å². The molecule has 0 aliphatic rings. The van der Waals surface area contributed by atoms with Crippen molar-refractivity contribution in [3.63, 3.8) is 0 Å². The van der Waals surface area contributed by atoms with Crippen LogP contribution in [0.2, 0.25) is 0 Å². The van der Waals surface area contributed by atoms with E-state index in [2.05, 4.69) is 19.6 Å². The minimum atomic E-state index is 0. The number of hydrogen-bond donors (Lipinski definition) is 0. The molecule has 1 rings (SSSR count). The monoisotopic (exact) mass is 164 g/mol. The second-order valence-electron chi connectivity index (χ2n) is 2.02. The van der Waals surface area contributed by atoms with Gasteiger partial charge in [0.15, 0.2) is 0 Å². The van der Waals surface area contributed by atoms with Gasteiger partial charge in [-0.05, 0) is 6.42 Å². The van der Waals surface area contributed by atoms with Crippen LogP contribution >= 0.6 is 15.7 Å². The summed E-state index contributed by atoms with van der Waals surface area (Å²) in [7, 11) is 3.01. The largest absolute Gasteiger partial charge is 1.00 e. The Bertz CT molecular complexity index is 165. The van der Waals surface area contributed by atoms with Crippen molar-refractivity contribution in [2.45, 2.75) is 26.7 Å². The summed E-state index contributed by atoms with van der Waals surface area (Å²) in [6.45, 7) is 4.48. The molecule has 0 aromatic carbocycles. The first-order valence-electron chi connectivity index (χ1n) is 3.34. The Kier molecular flexibility index (Phi) is 5.90. The number of rotatable bonds is 2. The third-order valence-corrected chi connectivity index (χ3v) is 4.28. The van der Waals surface area contributed by atoms with Crippen LogP contribution < -0.4 is 18.9 Å². The molecule has 0 atom stereocenters. The molecule has 10 heavy (non-hydrogen) atoms. The predicted molar refractivity (Wildman–Crippen MR) is 45.8 cm³/mol. The summed E-state index contributed by atoms with van der Waals surface area (Å²) >= 11 is 0. The zero-order chi connectivity index (χ0) is 6.69. The predicted octanol–water partition coefficient (Wildman–Crippen LogP) is 0.694. The zero-order valence-electron chi connectivity index (χ0n) is 6.89. The van der Waals surface area contributed by atoms with Gasteiger partial charge in [0.25, 0.3) is 0 Å². The second kappa shape index (κ2) is 5.46. The van der Waals surface area contributed by atoms with Gasteiger partial charge in [-0.1, -0.05) is 31.6 Å². The quantitative estimate of drug-likeness (QED) is 0.564. The second-order valence-corrected chi connectivity index (χ2v) is 4.55. The molecule has 1 aromatic heterocycles. The molecule has 50 valence electrons. The molecule has 0 fully saturated rings. The van der Waals surface area contributed by atoms with Crippen LogP contribution in [-0.2, 0) is 12.8 Å². The molecule has 0 bridgehead atoms. The Morgan fingerprint density at radius 3 is 2.50 bits per heavy atom. The Hall–Kier alpha value is 0.807. The molecule has 0 N–H and O–H groups in total. The Morgan fingerprint density at radius 1 is 1.40 bits per heavy atom. The van der Waals surface area contributed by atoms with E-state index < -0.39 is 0 Å². The average Bonchev–Trinajstić information content (AvgIpc) is 2.33. The fourth-order valence-corrected chi connectivity index (χ4v) is 3.99. The fraction of sp³-hybridized carbons (Fsp3) is 0.571. The molecule has 0 saturated heterocycles. The van der Waals surface area contributed by atoms with Gasteiger partial charge >= 0.3 is 18.9 Å². The Balaban J connectivity index is 0.000000810. The maximum absolute atomic E-state index is 2.35. The Labute approximate surface area is 78.1 Å². The molecule has 0 aliphatic heterocycles. The summed E-state index contributed by atoms with van der Waals surface area (Å²) in [5, 5.41) is 1.65. The normalized spacial score (nSPS) is 10.6. The van der Waals surface area contributed by atoms with Crippen LogP contribution in [0.3, 0.4) is 0 Å². The maximum atomic E-state index is 2.35. The minimum Gasteiger partial charge on any atom is -0.493 e. The van der Waals surface area contributed by atoms with Gasteiger partial charge in [-0.2, -0.15) is 5.30 Å². The first-order chi connectivity index (χ1) is 4.38. The van der Waals surface area contributed by atoms with Crippen LogP contribution in [0.25, 0.3) is 0 Å². The van der Waals surface area contributed by atoms with Crippen LogP contribution in [0, 0.1) is 0 Å². The van der Waals surface area contributed by atoms with Crippen LogP contribution in [0.5, 0.6) is 0 Å². The van der Waals surface area contributed by atoms with Crippen molar-refractivity contribution in [3.05, 3.63) is 16.7 Å². The van der Waals surface area contributed by atoms with Crippen molar-refractivity contribution in [1.82, 2.24) is 0 Å². The molecule has 1 heterocycles. The van der Waals surface area contributed by atoms with Crippen molar-refractivity contribution in [2.24, 2.45) is 0 Å². The number of hydrogen-bond acceptors (Lipinski definition) is 0. The van der Waals surface area contributed by atoms with Gasteiger partial charge in [0, 0.05) is 0 Å². The summed E-state index contributed by atoms with van der Waals surface area (Å²) < 4.78 is 0. The summed E-state index contributed by atoms with van der Waals surface area (Å²) in [6, 6.07) is 0. The molecule has 1 aromatic rings. The molecule has 3 heteroatoms. The first-order valence-corrected chi connectivity index (χ1v) is 5.91. The van der Waals surface area contributed by atoms with Gasteiger partial charge < -0.3 is 7.87 Å². The van der Waals surface area contributed by atoms with Gasteiger partial charge in [-0.15, -0.1) is 0 Å². The van der Waals surface area contributed by atoms with E-state index in [1.54, 1.807) is 10.9 Å². The van der Waals surface area contributed by atoms with Crippen LogP contribution in [0.4, 0.5) is 0 Å². The third kappa shape index (κ3) is 2.45. The standard InChI is InChI=1S/C7H11P2.Li/c1-3-6-5-8-9-7(6)4-2;/h5H,3-4H2,1-2H3;/q-1;+1. The molecular weight excluding hydrogens is 153 g/mol. The summed E-state index contributed by atoms with van der Waals surface area (Å²) in [4.78, 5) is 0. The van der Waals surface area contributed by atoms with E-state index in [9.17, 15) is 0 Å². The SMILES string of the molecule is CCc1cp[p-]c1CC.[Li+]. The Morgan fingerprint density at radius 2 is 2.10 bits per heavy atom. The minimum absolute atomic E-state index is 0. The summed E-state index contributed by atoms with van der Waals surface area (Å²) in [5.74, 6) is 2.35. The van der Waals surface area contributed by atoms with E-state index in [1.807, 2.05) is 0 Å². The van der Waals surface area contributed by atoms with Crippen molar-refractivity contribution in [1.29, 1.82) is 0 Å². The topological polar surface area (TPSA) is 0 Å². The van der Waals surface area contributed by atoms with E-state index in [4.69, 9.17) is 0 Å². The molecule has 0 aliphatic carbocycles. The van der Waals surface area contributed by atoms with Crippen LogP contribution in [0.15, 0.2) is 5.80 Å². The first kappa shape index (κ1) is 10.8. The smallest absolute Gasteiger partial charge is 0.493 e. The van der Waals surface area contributed by atoms with E-state index in [0.717, 1.165) is 0 Å². The van der Waals surface area contributed by atoms with Crippen LogP contribution in [0.1, 0.15) is 24.7 Å². The number of aryl methyl sites for hydroxylation is 2. The van der Waals surface area contributed by atoms with Crippen molar-refractivity contribution in [3.8, 4) is 0 Å².